The number of nitrogens with zero attached hydrogens (tertiary/aromatic N) is 2. The summed E-state index contributed by atoms with van der Waals surface area (Å²) >= 11 is 1.57. The first-order chi connectivity index (χ1) is 12.2. The predicted molar refractivity (Wildman–Crippen MR) is 100 cm³/mol. The molecule has 6 heteroatoms. The lowest BCUT2D eigenvalue weighted by molar-refractivity contribution is -0.118. The van der Waals surface area contributed by atoms with Crippen LogP contribution in [0.15, 0.2) is 47.6 Å². The number of nitrogens with one attached hydrogen (secondary N) is 1. The highest BCUT2D eigenvalue weighted by Gasteiger charge is 2.23. The van der Waals surface area contributed by atoms with Crippen molar-refractivity contribution < 1.29 is 9.53 Å². The molecule has 1 aliphatic heterocycles. The Hall–Kier alpha value is -2.47. The van der Waals surface area contributed by atoms with E-state index in [1.165, 1.54) is 5.56 Å². The topological polar surface area (TPSA) is 58.2 Å². The molecule has 1 N–H and O–H groups in total. The summed E-state index contributed by atoms with van der Waals surface area (Å²) < 4.78 is 5.23. The summed E-state index contributed by atoms with van der Waals surface area (Å²) in [5, 5.41) is 0.831. The molecule has 3 aromatic rings. The number of H-pyrrole nitrogens is 1. The molecule has 0 spiro atoms. The van der Waals surface area contributed by atoms with Crippen LogP contribution in [0.3, 0.4) is 0 Å². The van der Waals surface area contributed by atoms with Gasteiger partial charge in [-0.25, -0.2) is 4.98 Å². The van der Waals surface area contributed by atoms with Crippen molar-refractivity contribution in [2.75, 3.05) is 24.3 Å². The molecule has 1 aliphatic rings. The number of rotatable bonds is 5. The van der Waals surface area contributed by atoms with Gasteiger partial charge in [0.05, 0.1) is 18.1 Å². The van der Waals surface area contributed by atoms with Gasteiger partial charge in [-0.2, -0.15) is 0 Å². The Morgan fingerprint density at radius 2 is 2.20 bits per heavy atom. The Kier molecular flexibility index (Phi) is 4.36. The largest absolute Gasteiger partial charge is 0.497 e. The van der Waals surface area contributed by atoms with Crippen LogP contribution in [0.1, 0.15) is 12.0 Å². The summed E-state index contributed by atoms with van der Waals surface area (Å²) in [6.45, 7) is 0.785. The van der Waals surface area contributed by atoms with Crippen molar-refractivity contribution in [2.24, 2.45) is 0 Å². The number of imidazole rings is 1. The number of para-hydroxylation sites is 1. The van der Waals surface area contributed by atoms with E-state index < -0.39 is 0 Å². The van der Waals surface area contributed by atoms with Crippen LogP contribution in [-0.4, -0.2) is 35.3 Å². The van der Waals surface area contributed by atoms with Gasteiger partial charge in [0.15, 0.2) is 5.16 Å². The predicted octanol–water partition coefficient (Wildman–Crippen LogP) is 3.64. The van der Waals surface area contributed by atoms with Crippen molar-refractivity contribution in [1.29, 1.82) is 0 Å². The Morgan fingerprint density at radius 1 is 1.32 bits per heavy atom. The maximum Gasteiger partial charge on any atom is 0.227 e. The number of fused-ring (bicyclic) bond motifs is 2. The smallest absolute Gasteiger partial charge is 0.227 e. The number of anilines is 1. The molecule has 5 nitrogen and oxygen atoms in total. The second kappa shape index (κ2) is 6.80. The third-order valence-electron chi connectivity index (χ3n) is 4.41. The van der Waals surface area contributed by atoms with E-state index in [2.05, 4.69) is 16.0 Å². The van der Waals surface area contributed by atoms with E-state index in [1.807, 2.05) is 41.3 Å². The van der Waals surface area contributed by atoms with E-state index in [-0.39, 0.29) is 5.91 Å². The van der Waals surface area contributed by atoms with Crippen LogP contribution in [-0.2, 0) is 11.2 Å². The molecule has 0 radical (unpaired) electrons. The molecule has 0 fully saturated rings. The molecule has 0 atom stereocenters. The molecular weight excluding hydrogens is 334 g/mol. The van der Waals surface area contributed by atoms with Crippen molar-refractivity contribution in [3.63, 3.8) is 0 Å². The molecular formula is C19H19N3O2S. The van der Waals surface area contributed by atoms with Gasteiger partial charge in [0.2, 0.25) is 5.91 Å². The van der Waals surface area contributed by atoms with Crippen molar-refractivity contribution in [2.45, 2.75) is 18.0 Å². The van der Waals surface area contributed by atoms with Crippen molar-refractivity contribution in [1.82, 2.24) is 9.97 Å². The Labute approximate surface area is 150 Å². The lowest BCUT2D eigenvalue weighted by Gasteiger charge is -2.16. The fourth-order valence-electron chi connectivity index (χ4n) is 3.13. The van der Waals surface area contributed by atoms with Crippen LogP contribution < -0.4 is 9.64 Å². The third kappa shape index (κ3) is 3.22. The second-order valence-corrected chi connectivity index (χ2v) is 7.03. The SMILES string of the molecule is COc1ccc2nc(SCCC(=O)N3CCc4ccccc43)[nH]c2c1. The van der Waals surface area contributed by atoms with Crippen molar-refractivity contribution in [3.05, 3.63) is 48.0 Å². The van der Waals surface area contributed by atoms with Gasteiger partial charge in [0.25, 0.3) is 0 Å². The molecule has 2 heterocycles. The highest BCUT2D eigenvalue weighted by Crippen LogP contribution is 2.29. The molecule has 0 unspecified atom stereocenters. The van der Waals surface area contributed by atoms with Crippen LogP contribution >= 0.6 is 11.8 Å². The molecule has 0 bridgehead atoms. The monoisotopic (exact) mass is 353 g/mol. The van der Waals surface area contributed by atoms with E-state index in [4.69, 9.17) is 4.74 Å². The summed E-state index contributed by atoms with van der Waals surface area (Å²) in [5.41, 5.74) is 4.17. The third-order valence-corrected chi connectivity index (χ3v) is 5.29. The number of aromatic nitrogens is 2. The van der Waals surface area contributed by atoms with Gasteiger partial charge in [-0.05, 0) is 30.2 Å². The summed E-state index contributed by atoms with van der Waals surface area (Å²) in [5.74, 6) is 1.68. The first-order valence-corrected chi connectivity index (χ1v) is 9.28. The van der Waals surface area contributed by atoms with Gasteiger partial charge >= 0.3 is 0 Å². The number of methoxy groups -OCH3 is 1. The number of thioether (sulfide) groups is 1. The molecule has 2 aromatic carbocycles. The van der Waals surface area contributed by atoms with E-state index in [0.29, 0.717) is 12.2 Å². The zero-order valence-electron chi connectivity index (χ0n) is 14.0. The molecule has 0 saturated carbocycles. The van der Waals surface area contributed by atoms with Gasteiger partial charge < -0.3 is 14.6 Å². The Bertz CT molecular complexity index is 922. The Morgan fingerprint density at radius 3 is 3.08 bits per heavy atom. The number of aromatic amines is 1. The lowest BCUT2D eigenvalue weighted by atomic mass is 10.2. The zero-order valence-corrected chi connectivity index (χ0v) is 14.8. The first kappa shape index (κ1) is 16.0. The van der Waals surface area contributed by atoms with E-state index in [0.717, 1.165) is 40.6 Å². The highest BCUT2D eigenvalue weighted by atomic mass is 32.2. The van der Waals surface area contributed by atoms with E-state index in [1.54, 1.807) is 18.9 Å². The molecule has 0 aliphatic carbocycles. The lowest BCUT2D eigenvalue weighted by Crippen LogP contribution is -2.29. The summed E-state index contributed by atoms with van der Waals surface area (Å²) in [6, 6.07) is 13.9. The molecule has 1 amide bonds. The minimum absolute atomic E-state index is 0.176. The quantitative estimate of drug-likeness (QED) is 0.712. The molecule has 0 saturated heterocycles. The highest BCUT2D eigenvalue weighted by molar-refractivity contribution is 7.99. The molecule has 1 aromatic heterocycles. The number of carbonyl (C=O) groups is 1. The van der Waals surface area contributed by atoms with Crippen LogP contribution in [0.4, 0.5) is 5.69 Å². The average Bonchev–Trinajstić information content (AvgIpc) is 3.24. The standard InChI is InChI=1S/C19H19N3O2S/c1-24-14-6-7-15-16(12-14)21-19(20-15)25-11-9-18(23)22-10-8-13-4-2-3-5-17(13)22/h2-7,12H,8-11H2,1H3,(H,20,21). The minimum atomic E-state index is 0.176. The summed E-state index contributed by atoms with van der Waals surface area (Å²) in [6.07, 6.45) is 1.44. The molecule has 4 rings (SSSR count). The fourth-order valence-corrected chi connectivity index (χ4v) is 3.94. The number of ether oxygens (including phenoxy) is 1. The van der Waals surface area contributed by atoms with Crippen molar-refractivity contribution in [3.8, 4) is 5.75 Å². The van der Waals surface area contributed by atoms with Crippen LogP contribution in [0.2, 0.25) is 0 Å². The number of carbonyl (C=O) groups excluding carboxylic acids is 1. The van der Waals surface area contributed by atoms with Gasteiger partial charge in [0, 0.05) is 30.5 Å². The summed E-state index contributed by atoms with van der Waals surface area (Å²) in [4.78, 5) is 22.2. The fraction of sp³-hybridized carbons (Fsp3) is 0.263. The minimum Gasteiger partial charge on any atom is -0.497 e. The second-order valence-electron chi connectivity index (χ2n) is 5.95. The Balaban J connectivity index is 1.37. The average molecular weight is 353 g/mol. The van der Waals surface area contributed by atoms with E-state index >= 15 is 0 Å². The van der Waals surface area contributed by atoms with Gasteiger partial charge in [-0.3, -0.25) is 4.79 Å². The van der Waals surface area contributed by atoms with Crippen LogP contribution in [0.5, 0.6) is 5.75 Å². The molecule has 128 valence electrons. The maximum atomic E-state index is 12.5. The number of benzene rings is 2. The van der Waals surface area contributed by atoms with E-state index in [9.17, 15) is 4.79 Å². The van der Waals surface area contributed by atoms with Crippen LogP contribution in [0.25, 0.3) is 11.0 Å². The normalized spacial score (nSPS) is 13.2. The van der Waals surface area contributed by atoms with Gasteiger partial charge in [-0.15, -0.1) is 0 Å². The first-order valence-electron chi connectivity index (χ1n) is 8.29. The summed E-state index contributed by atoms with van der Waals surface area (Å²) in [7, 11) is 1.65. The van der Waals surface area contributed by atoms with Crippen LogP contribution in [0, 0.1) is 0 Å². The van der Waals surface area contributed by atoms with Crippen molar-refractivity contribution >= 4 is 34.4 Å². The molecule has 25 heavy (non-hydrogen) atoms. The van der Waals surface area contributed by atoms with Gasteiger partial charge in [0.1, 0.15) is 5.75 Å². The van der Waals surface area contributed by atoms with Gasteiger partial charge in [-0.1, -0.05) is 30.0 Å². The zero-order chi connectivity index (χ0) is 17.2. The number of hydrogen-bond donors (Lipinski definition) is 1. The maximum absolute atomic E-state index is 12.5. The number of amides is 1. The number of hydrogen-bond acceptors (Lipinski definition) is 4.